The molecule has 1 heterocycles. The van der Waals surface area contributed by atoms with Gasteiger partial charge in [0.1, 0.15) is 11.5 Å². The number of hydrogen-bond acceptors (Lipinski definition) is 2. The number of aromatic nitrogens is 2. The van der Waals surface area contributed by atoms with Crippen LogP contribution in [0.1, 0.15) is 58.8 Å². The number of halogens is 1. The van der Waals surface area contributed by atoms with Crippen molar-refractivity contribution in [3.8, 4) is 0 Å². The molecule has 4 aliphatic carbocycles. The molecule has 5 nitrogen and oxygen atoms in total. The SMILES string of the molecule is C[C@]12CC[C@H](N=[N+]=[N-])CC1=CCC1C2CC[C@]2(C)C(n3cnc(Cl)c3)=CCC12. The number of nitrogens with zero attached hydrogens (tertiary/aromatic N) is 5. The second-order valence-corrected chi connectivity index (χ2v) is 10.1. The second-order valence-electron chi connectivity index (χ2n) is 9.75. The predicted octanol–water partition coefficient (Wildman–Crippen LogP) is 6.63. The molecule has 0 aliphatic heterocycles. The number of imidazole rings is 1. The Hall–Kier alpha value is -1.71. The number of allylic oxidation sites excluding steroid dienone is 3. The van der Waals surface area contributed by atoms with E-state index in [1.807, 2.05) is 12.5 Å². The molecule has 0 N–H and O–H groups in total. The summed E-state index contributed by atoms with van der Waals surface area (Å²) in [5.41, 5.74) is 12.3. The summed E-state index contributed by atoms with van der Waals surface area (Å²) in [6.07, 6.45) is 16.7. The lowest BCUT2D eigenvalue weighted by atomic mass is 9.47. The van der Waals surface area contributed by atoms with Gasteiger partial charge in [-0.05, 0) is 73.6 Å². The van der Waals surface area contributed by atoms with Crippen molar-refractivity contribution in [2.24, 2.45) is 33.7 Å². The molecule has 4 aliphatic rings. The Kier molecular flexibility index (Phi) is 4.19. The highest BCUT2D eigenvalue weighted by atomic mass is 35.5. The largest absolute Gasteiger partial charge is 0.308 e. The van der Waals surface area contributed by atoms with Crippen LogP contribution >= 0.6 is 11.6 Å². The van der Waals surface area contributed by atoms with Crippen LogP contribution in [0.4, 0.5) is 0 Å². The van der Waals surface area contributed by atoms with Crippen molar-refractivity contribution >= 4 is 17.3 Å². The summed E-state index contributed by atoms with van der Waals surface area (Å²) in [6.45, 7) is 4.95. The molecular formula is C22H28ClN5. The van der Waals surface area contributed by atoms with E-state index in [9.17, 15) is 0 Å². The highest BCUT2D eigenvalue weighted by Gasteiger charge is 2.57. The highest BCUT2D eigenvalue weighted by Crippen LogP contribution is 2.65. The Labute approximate surface area is 171 Å². The first-order valence-corrected chi connectivity index (χ1v) is 11.0. The van der Waals surface area contributed by atoms with E-state index in [0.29, 0.717) is 11.1 Å². The van der Waals surface area contributed by atoms with E-state index in [-0.39, 0.29) is 16.9 Å². The molecule has 5 rings (SSSR count). The van der Waals surface area contributed by atoms with Gasteiger partial charge in [0.05, 0.1) is 0 Å². The third kappa shape index (κ3) is 2.52. The zero-order valence-electron chi connectivity index (χ0n) is 16.7. The smallest absolute Gasteiger partial charge is 0.147 e. The Morgan fingerprint density at radius 2 is 2.00 bits per heavy atom. The van der Waals surface area contributed by atoms with E-state index in [1.54, 1.807) is 5.57 Å². The minimum Gasteiger partial charge on any atom is -0.308 e. The first-order valence-electron chi connectivity index (χ1n) is 10.6. The fourth-order valence-electron chi connectivity index (χ4n) is 7.19. The van der Waals surface area contributed by atoms with E-state index in [1.165, 1.54) is 25.0 Å². The van der Waals surface area contributed by atoms with Crippen molar-refractivity contribution in [2.45, 2.75) is 64.8 Å². The molecule has 3 unspecified atom stereocenters. The lowest BCUT2D eigenvalue weighted by Crippen LogP contribution is -2.49. The molecule has 2 saturated carbocycles. The Bertz CT molecular complexity index is 910. The average Bonchev–Trinajstić information content (AvgIpc) is 3.24. The van der Waals surface area contributed by atoms with Gasteiger partial charge in [-0.15, -0.1) is 0 Å². The summed E-state index contributed by atoms with van der Waals surface area (Å²) in [4.78, 5) is 7.31. The molecule has 6 heteroatoms. The van der Waals surface area contributed by atoms with Gasteiger partial charge in [-0.3, -0.25) is 0 Å². The maximum Gasteiger partial charge on any atom is 0.147 e. The van der Waals surface area contributed by atoms with Crippen molar-refractivity contribution in [3.63, 3.8) is 0 Å². The van der Waals surface area contributed by atoms with Crippen molar-refractivity contribution in [2.75, 3.05) is 0 Å². The van der Waals surface area contributed by atoms with Gasteiger partial charge >= 0.3 is 0 Å². The normalized spacial score (nSPS) is 41.8. The Balaban J connectivity index is 1.44. The van der Waals surface area contributed by atoms with Crippen LogP contribution < -0.4 is 0 Å². The van der Waals surface area contributed by atoms with Gasteiger partial charge in [-0.25, -0.2) is 4.98 Å². The molecular weight excluding hydrogens is 370 g/mol. The standard InChI is InChI=1S/C22H28ClN5/c1-21-9-7-15(26-27-24)11-14(21)3-4-16-17-5-6-19(28-12-20(23)25-13-28)22(17,2)10-8-18(16)21/h3,6,12-13,15-18H,4-5,7-11H2,1-2H3/t15-,16?,17?,18?,21-,22-/m0/s1. The number of hydrogen-bond donors (Lipinski definition) is 0. The third-order valence-electron chi connectivity index (χ3n) is 8.66. The Morgan fingerprint density at radius 3 is 2.75 bits per heavy atom. The van der Waals surface area contributed by atoms with Gasteiger partial charge in [0, 0.05) is 28.3 Å². The molecule has 28 heavy (non-hydrogen) atoms. The van der Waals surface area contributed by atoms with Crippen LogP contribution in [0, 0.1) is 28.6 Å². The number of azide groups is 1. The highest BCUT2D eigenvalue weighted by molar-refractivity contribution is 6.29. The molecule has 0 aromatic carbocycles. The van der Waals surface area contributed by atoms with Crippen molar-refractivity contribution < 1.29 is 0 Å². The Morgan fingerprint density at radius 1 is 1.18 bits per heavy atom. The van der Waals surface area contributed by atoms with Crippen LogP contribution in [0.25, 0.3) is 16.1 Å². The van der Waals surface area contributed by atoms with Gasteiger partial charge in [0.15, 0.2) is 0 Å². The molecule has 6 atom stereocenters. The number of fused-ring (bicyclic) bond motifs is 5. The molecule has 0 spiro atoms. The molecule has 0 amide bonds. The summed E-state index contributed by atoms with van der Waals surface area (Å²) in [6, 6.07) is 0.153. The van der Waals surface area contributed by atoms with Gasteiger partial charge < -0.3 is 4.57 Å². The van der Waals surface area contributed by atoms with E-state index >= 15 is 0 Å². The zero-order valence-corrected chi connectivity index (χ0v) is 17.4. The molecule has 1 aromatic rings. The molecule has 0 bridgehead atoms. The van der Waals surface area contributed by atoms with Gasteiger partial charge in [0.25, 0.3) is 0 Å². The zero-order chi connectivity index (χ0) is 19.5. The molecule has 1 aromatic heterocycles. The number of rotatable bonds is 2. The summed E-state index contributed by atoms with van der Waals surface area (Å²) in [5, 5.41) is 4.60. The van der Waals surface area contributed by atoms with E-state index in [4.69, 9.17) is 17.1 Å². The lowest BCUT2D eigenvalue weighted by molar-refractivity contribution is -0.0127. The molecule has 0 radical (unpaired) electrons. The molecule has 2 fully saturated rings. The van der Waals surface area contributed by atoms with E-state index in [2.05, 4.69) is 45.6 Å². The first-order chi connectivity index (χ1) is 13.5. The van der Waals surface area contributed by atoms with E-state index < -0.39 is 0 Å². The summed E-state index contributed by atoms with van der Waals surface area (Å²) >= 11 is 6.10. The average molecular weight is 398 g/mol. The van der Waals surface area contributed by atoms with Crippen molar-refractivity contribution in [1.29, 1.82) is 0 Å². The maximum atomic E-state index is 8.84. The molecule has 0 saturated heterocycles. The molecule has 148 valence electrons. The van der Waals surface area contributed by atoms with E-state index in [0.717, 1.165) is 37.5 Å². The van der Waals surface area contributed by atoms with Crippen LogP contribution in [0.15, 0.2) is 35.4 Å². The minimum atomic E-state index is 0.153. The van der Waals surface area contributed by atoms with Crippen LogP contribution in [-0.4, -0.2) is 15.6 Å². The fourth-order valence-corrected chi connectivity index (χ4v) is 7.34. The van der Waals surface area contributed by atoms with Crippen LogP contribution in [0.2, 0.25) is 5.15 Å². The minimum absolute atomic E-state index is 0.153. The van der Waals surface area contributed by atoms with Crippen LogP contribution in [-0.2, 0) is 0 Å². The van der Waals surface area contributed by atoms with Gasteiger partial charge in [-0.2, -0.15) is 0 Å². The summed E-state index contributed by atoms with van der Waals surface area (Å²) in [7, 11) is 0. The topological polar surface area (TPSA) is 66.6 Å². The van der Waals surface area contributed by atoms with Crippen molar-refractivity contribution in [3.05, 3.63) is 45.8 Å². The predicted molar refractivity (Wildman–Crippen MR) is 112 cm³/mol. The quantitative estimate of drug-likeness (QED) is 0.239. The van der Waals surface area contributed by atoms with Gasteiger partial charge in [0.2, 0.25) is 0 Å². The lowest BCUT2D eigenvalue weighted by Gasteiger charge is -2.57. The van der Waals surface area contributed by atoms with Crippen molar-refractivity contribution in [1.82, 2.24) is 9.55 Å². The summed E-state index contributed by atoms with van der Waals surface area (Å²) < 4.78 is 2.15. The first kappa shape index (κ1) is 18.3. The van der Waals surface area contributed by atoms with Crippen LogP contribution in [0.3, 0.4) is 0 Å². The third-order valence-corrected chi connectivity index (χ3v) is 8.86. The summed E-state index contributed by atoms with van der Waals surface area (Å²) in [5.74, 6) is 2.17. The van der Waals surface area contributed by atoms with Crippen LogP contribution in [0.5, 0.6) is 0 Å². The monoisotopic (exact) mass is 397 g/mol. The fraction of sp³-hybridized carbons (Fsp3) is 0.682. The van der Waals surface area contributed by atoms with Gasteiger partial charge in [-0.1, -0.05) is 48.3 Å². The second kappa shape index (κ2) is 6.40. The maximum absolute atomic E-state index is 8.84.